The Hall–Kier alpha value is -3.98. The van der Waals surface area contributed by atoms with Gasteiger partial charge in [0.1, 0.15) is 23.5 Å². The maximum atomic E-state index is 13.8. The number of para-hydroxylation sites is 2. The minimum absolute atomic E-state index is 0.226. The van der Waals surface area contributed by atoms with E-state index in [4.69, 9.17) is 4.74 Å². The zero-order valence-electron chi connectivity index (χ0n) is 23.2. The van der Waals surface area contributed by atoms with Gasteiger partial charge in [-0.15, -0.1) is 0 Å². The first-order chi connectivity index (χ1) is 20.3. The van der Waals surface area contributed by atoms with Gasteiger partial charge in [0.05, 0.1) is 0 Å². The van der Waals surface area contributed by atoms with Crippen LogP contribution in [0, 0.1) is 0 Å². The highest BCUT2D eigenvalue weighted by molar-refractivity contribution is 5.94. The number of rotatable bonds is 8. The summed E-state index contributed by atoms with van der Waals surface area (Å²) in [7, 11) is 0. The monoisotopic (exact) mass is 577 g/mol. The number of hydrogen-bond acceptors (Lipinski definition) is 4. The van der Waals surface area contributed by atoms with Crippen LogP contribution in [-0.2, 0) is 10.2 Å². The number of amides is 1. The Morgan fingerprint density at radius 3 is 2.19 bits per heavy atom. The molecule has 0 saturated carbocycles. The maximum absolute atomic E-state index is 13.8. The Labute approximate surface area is 242 Å². The highest BCUT2D eigenvalue weighted by Crippen LogP contribution is 2.51. The number of nitrogens with one attached hydrogen (secondary N) is 1. The molecule has 2 N–H and O–H groups in total. The molecule has 2 aliphatic rings. The van der Waals surface area contributed by atoms with Crippen LogP contribution in [0.3, 0.4) is 0 Å². The number of unbranched alkanes of at least 4 members (excludes halogenated alkanes) is 1. The van der Waals surface area contributed by atoms with E-state index in [1.165, 1.54) is 0 Å². The maximum Gasteiger partial charge on any atom is 0.405 e. The van der Waals surface area contributed by atoms with Crippen molar-refractivity contribution in [2.45, 2.75) is 49.7 Å². The first kappa shape index (κ1) is 28.2. The number of piperidine rings is 1. The number of carbonyl (C=O) groups is 1. The first-order valence-electron chi connectivity index (χ1n) is 14.5. The molecule has 6 nitrogen and oxygen atoms in total. The summed E-state index contributed by atoms with van der Waals surface area (Å²) in [4.78, 5) is 16.1. The van der Waals surface area contributed by atoms with Gasteiger partial charge in [-0.05, 0) is 50.4 Å². The quantitative estimate of drug-likeness (QED) is 0.223. The summed E-state index contributed by atoms with van der Waals surface area (Å²) >= 11 is 0. The molecular weight excluding hydrogens is 543 g/mol. The van der Waals surface area contributed by atoms with E-state index in [0.717, 1.165) is 49.7 Å². The summed E-state index contributed by atoms with van der Waals surface area (Å²) in [5, 5.41) is 14.8. The molecular formula is C33H34F3N3O3. The standard InChI is InChI=1S/C33H34F3N3O3/c34-33(35,36)22-37-31(41)32(26-11-3-5-13-28(26)42-29-14-6-4-12-27(29)32)17-7-8-18-38-19-15-24(16-20-38)39-21-23-9-1-2-10-25(23)30(39)40/h1-6,9-14,21,24,40H,7-8,15-20,22H2,(H,37,41). The van der Waals surface area contributed by atoms with Gasteiger partial charge in [-0.2, -0.15) is 13.2 Å². The number of alkyl halides is 3. The van der Waals surface area contributed by atoms with E-state index in [9.17, 15) is 23.1 Å². The molecule has 2 aliphatic heterocycles. The number of hydrogen-bond donors (Lipinski definition) is 2. The number of carbonyl (C=O) groups excluding carboxylic acids is 1. The Morgan fingerprint density at radius 2 is 1.55 bits per heavy atom. The van der Waals surface area contributed by atoms with Gasteiger partial charge in [-0.1, -0.05) is 61.0 Å². The van der Waals surface area contributed by atoms with Gasteiger partial charge < -0.3 is 24.6 Å². The molecule has 4 aromatic rings. The van der Waals surface area contributed by atoms with Gasteiger partial charge in [-0.25, -0.2) is 0 Å². The minimum atomic E-state index is -4.52. The predicted octanol–water partition coefficient (Wildman–Crippen LogP) is 6.92. The number of fused-ring (bicyclic) bond motifs is 3. The molecule has 1 saturated heterocycles. The van der Waals surface area contributed by atoms with Crippen LogP contribution in [-0.4, -0.2) is 52.8 Å². The lowest BCUT2D eigenvalue weighted by Crippen LogP contribution is -2.49. The molecule has 42 heavy (non-hydrogen) atoms. The van der Waals surface area contributed by atoms with Crippen LogP contribution in [0.4, 0.5) is 13.2 Å². The van der Waals surface area contributed by atoms with Crippen molar-refractivity contribution in [2.75, 3.05) is 26.2 Å². The van der Waals surface area contributed by atoms with Crippen LogP contribution in [0.2, 0.25) is 0 Å². The van der Waals surface area contributed by atoms with Crippen LogP contribution in [0.1, 0.15) is 49.3 Å². The van der Waals surface area contributed by atoms with Crippen molar-refractivity contribution < 1.29 is 27.8 Å². The number of ether oxygens (including phenoxy) is 1. The smallest absolute Gasteiger partial charge is 0.405 e. The van der Waals surface area contributed by atoms with Crippen LogP contribution >= 0.6 is 0 Å². The topological polar surface area (TPSA) is 66.7 Å². The number of benzene rings is 3. The highest BCUT2D eigenvalue weighted by Gasteiger charge is 2.48. The molecule has 0 unspecified atom stereocenters. The molecule has 0 aliphatic carbocycles. The fourth-order valence-electron chi connectivity index (χ4n) is 6.63. The third-order valence-corrected chi connectivity index (χ3v) is 8.70. The van der Waals surface area contributed by atoms with E-state index < -0.39 is 24.0 Å². The summed E-state index contributed by atoms with van der Waals surface area (Å²) in [6.45, 7) is 1.21. The van der Waals surface area contributed by atoms with Crippen LogP contribution < -0.4 is 10.1 Å². The summed E-state index contributed by atoms with van der Waals surface area (Å²) in [5.74, 6) is 0.626. The molecule has 1 aromatic heterocycles. The van der Waals surface area contributed by atoms with Crippen LogP contribution in [0.25, 0.3) is 10.8 Å². The summed E-state index contributed by atoms with van der Waals surface area (Å²) < 4.78 is 47.6. The summed E-state index contributed by atoms with van der Waals surface area (Å²) in [5.41, 5.74) is -0.122. The lowest BCUT2D eigenvalue weighted by Gasteiger charge is -2.39. The molecule has 0 radical (unpaired) electrons. The fraction of sp³-hybridized carbons (Fsp3) is 0.364. The summed E-state index contributed by atoms with van der Waals surface area (Å²) in [6.07, 6.45) is 1.13. The predicted molar refractivity (Wildman–Crippen MR) is 155 cm³/mol. The largest absolute Gasteiger partial charge is 0.494 e. The molecule has 1 amide bonds. The van der Waals surface area contributed by atoms with E-state index in [2.05, 4.69) is 10.2 Å². The van der Waals surface area contributed by atoms with Gasteiger partial charge in [-0.3, -0.25) is 4.79 Å². The SMILES string of the molecule is O=C(NCC(F)(F)F)C1(CCCCN2CCC(n3cc4ccccc4c3O)CC2)c2ccccc2Oc2ccccc21. The van der Waals surface area contributed by atoms with E-state index in [1.807, 2.05) is 35.0 Å². The zero-order valence-corrected chi connectivity index (χ0v) is 23.2. The van der Waals surface area contributed by atoms with Crippen molar-refractivity contribution in [3.8, 4) is 17.4 Å². The number of nitrogens with zero attached hydrogens (tertiary/aromatic N) is 2. The first-order valence-corrected chi connectivity index (χ1v) is 14.5. The molecule has 0 spiro atoms. The normalized spacial score (nSPS) is 16.9. The van der Waals surface area contributed by atoms with Gasteiger partial charge in [0.25, 0.3) is 0 Å². The number of halogens is 3. The van der Waals surface area contributed by atoms with Gasteiger partial charge in [0.2, 0.25) is 5.91 Å². The molecule has 3 aromatic carbocycles. The average Bonchev–Trinajstić information content (AvgIpc) is 3.33. The molecule has 9 heteroatoms. The average molecular weight is 578 g/mol. The number of aromatic hydroxyl groups is 1. The number of aromatic nitrogens is 1. The lowest BCUT2D eigenvalue weighted by atomic mass is 9.68. The second-order valence-corrected chi connectivity index (χ2v) is 11.3. The molecule has 3 heterocycles. The zero-order chi connectivity index (χ0) is 29.3. The second kappa shape index (κ2) is 11.4. The Bertz CT molecular complexity index is 1530. The highest BCUT2D eigenvalue weighted by atomic mass is 19.4. The number of likely N-dealkylation sites (tertiary alicyclic amines) is 1. The second-order valence-electron chi connectivity index (χ2n) is 11.3. The van der Waals surface area contributed by atoms with Crippen LogP contribution in [0.15, 0.2) is 79.0 Å². The van der Waals surface area contributed by atoms with E-state index in [-0.39, 0.29) is 6.04 Å². The molecule has 0 atom stereocenters. The molecule has 6 rings (SSSR count). The van der Waals surface area contributed by atoms with Crippen molar-refractivity contribution in [1.29, 1.82) is 0 Å². The van der Waals surface area contributed by atoms with Crippen molar-refractivity contribution in [3.63, 3.8) is 0 Å². The van der Waals surface area contributed by atoms with E-state index in [1.54, 1.807) is 48.5 Å². The van der Waals surface area contributed by atoms with Crippen molar-refractivity contribution in [3.05, 3.63) is 90.1 Å². The van der Waals surface area contributed by atoms with Crippen LogP contribution in [0.5, 0.6) is 17.4 Å². The fourth-order valence-corrected chi connectivity index (χ4v) is 6.63. The third-order valence-electron chi connectivity index (χ3n) is 8.70. The minimum Gasteiger partial charge on any atom is -0.494 e. The third kappa shape index (κ3) is 5.33. The van der Waals surface area contributed by atoms with Crippen molar-refractivity contribution in [1.82, 2.24) is 14.8 Å². The van der Waals surface area contributed by atoms with Crippen molar-refractivity contribution >= 4 is 16.7 Å². The van der Waals surface area contributed by atoms with E-state index >= 15 is 0 Å². The molecule has 220 valence electrons. The molecule has 0 bridgehead atoms. The Balaban J connectivity index is 1.14. The summed E-state index contributed by atoms with van der Waals surface area (Å²) in [6, 6.07) is 22.3. The van der Waals surface area contributed by atoms with Gasteiger partial charge in [0, 0.05) is 47.2 Å². The van der Waals surface area contributed by atoms with E-state index in [0.29, 0.717) is 41.3 Å². The Morgan fingerprint density at radius 1 is 0.929 bits per heavy atom. The van der Waals surface area contributed by atoms with Crippen molar-refractivity contribution in [2.24, 2.45) is 0 Å². The van der Waals surface area contributed by atoms with Gasteiger partial charge in [0.15, 0.2) is 5.88 Å². The molecule has 1 fully saturated rings. The Kier molecular flexibility index (Phi) is 7.62. The van der Waals surface area contributed by atoms with Gasteiger partial charge >= 0.3 is 6.18 Å². The lowest BCUT2D eigenvalue weighted by molar-refractivity contribution is -0.141.